The number of hydrogen-bond acceptors (Lipinski definition) is 5. The van der Waals surface area contributed by atoms with Crippen LogP contribution in [0.25, 0.3) is 0 Å². The maximum absolute atomic E-state index is 12.4. The highest BCUT2D eigenvalue weighted by Crippen LogP contribution is 2.24. The molecule has 1 saturated heterocycles. The molecule has 0 radical (unpaired) electrons. The number of nitrogen functional groups attached to an aromatic ring is 1. The van der Waals surface area contributed by atoms with Crippen LogP contribution in [0.15, 0.2) is 23.1 Å². The van der Waals surface area contributed by atoms with Gasteiger partial charge in [0.1, 0.15) is 0 Å². The average Bonchev–Trinajstić information content (AvgIpc) is 2.31. The SMILES string of the molecule is Cc1c(N)cccc1S(=O)(=O)N1CC(=O)NC(=O)C1. The van der Waals surface area contributed by atoms with Gasteiger partial charge in [-0.3, -0.25) is 14.9 Å². The van der Waals surface area contributed by atoms with Gasteiger partial charge >= 0.3 is 0 Å². The lowest BCUT2D eigenvalue weighted by Crippen LogP contribution is -2.53. The number of carbonyl (C=O) groups is 2. The highest BCUT2D eigenvalue weighted by Gasteiger charge is 2.33. The third-order valence-corrected chi connectivity index (χ3v) is 4.80. The molecule has 0 spiro atoms. The molecule has 0 aliphatic carbocycles. The number of sulfonamides is 1. The minimum Gasteiger partial charge on any atom is -0.398 e. The summed E-state index contributed by atoms with van der Waals surface area (Å²) in [5.74, 6) is -1.28. The zero-order valence-electron chi connectivity index (χ0n) is 10.2. The summed E-state index contributed by atoms with van der Waals surface area (Å²) < 4.78 is 25.6. The van der Waals surface area contributed by atoms with Crippen LogP contribution < -0.4 is 11.1 Å². The quantitative estimate of drug-likeness (QED) is 0.547. The Morgan fingerprint density at radius 1 is 1.21 bits per heavy atom. The fraction of sp³-hybridized carbons (Fsp3) is 0.273. The Kier molecular flexibility index (Phi) is 3.29. The molecule has 1 fully saturated rings. The summed E-state index contributed by atoms with van der Waals surface area (Å²) in [7, 11) is -3.91. The Morgan fingerprint density at radius 3 is 2.37 bits per heavy atom. The van der Waals surface area contributed by atoms with Gasteiger partial charge in [0.05, 0.1) is 18.0 Å². The van der Waals surface area contributed by atoms with E-state index in [0.717, 1.165) is 4.31 Å². The number of imide groups is 1. The molecular formula is C11H13N3O4S. The maximum atomic E-state index is 12.4. The molecule has 0 aromatic heterocycles. The first-order valence-electron chi connectivity index (χ1n) is 5.50. The molecule has 1 aromatic carbocycles. The average molecular weight is 283 g/mol. The van der Waals surface area contributed by atoms with Gasteiger partial charge in [0.15, 0.2) is 0 Å². The predicted molar refractivity (Wildman–Crippen MR) is 67.5 cm³/mol. The summed E-state index contributed by atoms with van der Waals surface area (Å²) in [6.07, 6.45) is 0. The van der Waals surface area contributed by atoms with E-state index in [1.54, 1.807) is 13.0 Å². The van der Waals surface area contributed by atoms with Crippen LogP contribution in [-0.2, 0) is 19.6 Å². The maximum Gasteiger partial charge on any atom is 0.244 e. The molecule has 3 N–H and O–H groups in total. The Labute approximate surface area is 110 Å². The smallest absolute Gasteiger partial charge is 0.244 e. The fourth-order valence-corrected chi connectivity index (χ4v) is 3.44. The summed E-state index contributed by atoms with van der Waals surface area (Å²) in [6.45, 7) is 0.832. The van der Waals surface area contributed by atoms with E-state index < -0.39 is 21.8 Å². The molecule has 0 bridgehead atoms. The molecule has 7 nitrogen and oxygen atoms in total. The van der Waals surface area contributed by atoms with E-state index in [1.807, 2.05) is 0 Å². The van der Waals surface area contributed by atoms with Gasteiger partial charge in [-0.1, -0.05) is 6.07 Å². The zero-order chi connectivity index (χ0) is 14.2. The van der Waals surface area contributed by atoms with Crippen molar-refractivity contribution >= 4 is 27.5 Å². The Morgan fingerprint density at radius 2 is 1.79 bits per heavy atom. The van der Waals surface area contributed by atoms with E-state index in [2.05, 4.69) is 5.32 Å². The Balaban J connectivity index is 2.45. The van der Waals surface area contributed by atoms with Crippen molar-refractivity contribution in [2.75, 3.05) is 18.8 Å². The molecule has 8 heteroatoms. The first-order chi connectivity index (χ1) is 8.82. The van der Waals surface area contributed by atoms with Gasteiger partial charge in [0, 0.05) is 5.69 Å². The summed E-state index contributed by atoms with van der Waals surface area (Å²) in [5.41, 5.74) is 6.42. The van der Waals surface area contributed by atoms with E-state index in [-0.39, 0.29) is 18.0 Å². The van der Waals surface area contributed by atoms with Crippen molar-refractivity contribution in [1.29, 1.82) is 0 Å². The second-order valence-corrected chi connectivity index (χ2v) is 6.12. The van der Waals surface area contributed by atoms with Crippen LogP contribution in [0.4, 0.5) is 5.69 Å². The first kappa shape index (κ1) is 13.5. The second kappa shape index (κ2) is 4.63. The number of hydrogen-bond donors (Lipinski definition) is 2. The van der Waals surface area contributed by atoms with Crippen LogP contribution in [0.5, 0.6) is 0 Å². The number of nitrogens with zero attached hydrogens (tertiary/aromatic N) is 1. The van der Waals surface area contributed by atoms with Gasteiger partial charge in [-0.2, -0.15) is 4.31 Å². The van der Waals surface area contributed by atoms with E-state index in [9.17, 15) is 18.0 Å². The number of nitrogens with one attached hydrogen (secondary N) is 1. The molecule has 1 heterocycles. The summed E-state index contributed by atoms with van der Waals surface area (Å²) in [5, 5.41) is 2.05. The number of piperazine rings is 1. The molecule has 0 atom stereocenters. The molecule has 2 rings (SSSR count). The molecule has 2 amide bonds. The van der Waals surface area contributed by atoms with Gasteiger partial charge in [0.25, 0.3) is 0 Å². The minimum absolute atomic E-state index is 0.00926. The van der Waals surface area contributed by atoms with Crippen molar-refractivity contribution in [3.63, 3.8) is 0 Å². The lowest BCUT2D eigenvalue weighted by atomic mass is 10.2. The molecule has 19 heavy (non-hydrogen) atoms. The van der Waals surface area contributed by atoms with Crippen LogP contribution in [0.1, 0.15) is 5.56 Å². The highest BCUT2D eigenvalue weighted by molar-refractivity contribution is 7.89. The van der Waals surface area contributed by atoms with Gasteiger partial charge < -0.3 is 5.73 Å². The van der Waals surface area contributed by atoms with Crippen molar-refractivity contribution in [1.82, 2.24) is 9.62 Å². The van der Waals surface area contributed by atoms with E-state index in [0.29, 0.717) is 11.3 Å². The lowest BCUT2D eigenvalue weighted by Gasteiger charge is -2.25. The highest BCUT2D eigenvalue weighted by atomic mass is 32.2. The zero-order valence-corrected chi connectivity index (χ0v) is 11.0. The van der Waals surface area contributed by atoms with Crippen molar-refractivity contribution in [2.45, 2.75) is 11.8 Å². The van der Waals surface area contributed by atoms with Gasteiger partial charge in [0.2, 0.25) is 21.8 Å². The van der Waals surface area contributed by atoms with Gasteiger partial charge in [-0.05, 0) is 24.6 Å². The standard InChI is InChI=1S/C11H13N3O4S/c1-7-8(12)3-2-4-9(7)19(17,18)14-5-10(15)13-11(16)6-14/h2-4H,5-6,12H2,1H3,(H,13,15,16). The van der Waals surface area contributed by atoms with Crippen LogP contribution in [0.2, 0.25) is 0 Å². The van der Waals surface area contributed by atoms with E-state index >= 15 is 0 Å². The number of anilines is 1. The van der Waals surface area contributed by atoms with Crippen molar-refractivity contribution < 1.29 is 18.0 Å². The molecule has 0 unspecified atom stereocenters. The van der Waals surface area contributed by atoms with Crippen LogP contribution in [0.3, 0.4) is 0 Å². The molecule has 1 aliphatic heterocycles. The molecule has 1 aliphatic rings. The Hall–Kier alpha value is -1.93. The van der Waals surface area contributed by atoms with Crippen LogP contribution in [-0.4, -0.2) is 37.6 Å². The number of nitrogens with two attached hydrogens (primary N) is 1. The summed E-state index contributed by atoms with van der Waals surface area (Å²) >= 11 is 0. The molecule has 102 valence electrons. The summed E-state index contributed by atoms with van der Waals surface area (Å²) in [4.78, 5) is 22.5. The monoisotopic (exact) mass is 283 g/mol. The van der Waals surface area contributed by atoms with E-state index in [4.69, 9.17) is 5.73 Å². The number of rotatable bonds is 2. The number of amides is 2. The molecule has 1 aromatic rings. The predicted octanol–water partition coefficient (Wildman–Crippen LogP) is -0.776. The molecule has 0 saturated carbocycles. The number of benzene rings is 1. The van der Waals surface area contributed by atoms with Gasteiger partial charge in [-0.25, -0.2) is 8.42 Å². The van der Waals surface area contributed by atoms with E-state index in [1.165, 1.54) is 12.1 Å². The topological polar surface area (TPSA) is 110 Å². The van der Waals surface area contributed by atoms with Gasteiger partial charge in [-0.15, -0.1) is 0 Å². The molecular weight excluding hydrogens is 270 g/mol. The van der Waals surface area contributed by atoms with Crippen molar-refractivity contribution in [3.05, 3.63) is 23.8 Å². The summed E-state index contributed by atoms with van der Waals surface area (Å²) in [6, 6.07) is 4.50. The largest absolute Gasteiger partial charge is 0.398 e. The van der Waals surface area contributed by atoms with Crippen molar-refractivity contribution in [3.8, 4) is 0 Å². The van der Waals surface area contributed by atoms with Crippen LogP contribution in [0, 0.1) is 6.92 Å². The van der Waals surface area contributed by atoms with Crippen LogP contribution >= 0.6 is 0 Å². The van der Waals surface area contributed by atoms with Crippen molar-refractivity contribution in [2.24, 2.45) is 0 Å². The normalized spacial score (nSPS) is 17.3. The lowest BCUT2D eigenvalue weighted by molar-refractivity contribution is -0.134. The fourth-order valence-electron chi connectivity index (χ4n) is 1.83. The number of carbonyl (C=O) groups excluding carboxylic acids is 2. The second-order valence-electron chi connectivity index (χ2n) is 4.21. The third kappa shape index (κ3) is 2.45. The minimum atomic E-state index is -3.91. The third-order valence-electron chi connectivity index (χ3n) is 2.86. The first-order valence-corrected chi connectivity index (χ1v) is 6.94. The Bertz CT molecular complexity index is 638.